The van der Waals surface area contributed by atoms with Crippen LogP contribution in [0.25, 0.3) is 10.9 Å². The fraction of sp³-hybridized carbons (Fsp3) is 0.185. The normalized spacial score (nSPS) is 15.3. The molecule has 0 bridgehead atoms. The summed E-state index contributed by atoms with van der Waals surface area (Å²) in [6.07, 6.45) is 1.74. The first-order chi connectivity index (χ1) is 16.4. The van der Waals surface area contributed by atoms with Crippen LogP contribution in [0.3, 0.4) is 0 Å². The summed E-state index contributed by atoms with van der Waals surface area (Å²) in [7, 11) is 0. The maximum atomic E-state index is 13.4. The smallest absolute Gasteiger partial charge is 0.254 e. The second kappa shape index (κ2) is 9.06. The number of nitrogens with one attached hydrogen (secondary N) is 1. The predicted molar refractivity (Wildman–Crippen MR) is 138 cm³/mol. The number of carbonyl (C=O) groups is 1. The molecule has 0 aliphatic carbocycles. The van der Waals surface area contributed by atoms with Crippen LogP contribution in [0.15, 0.2) is 79.0 Å². The van der Waals surface area contributed by atoms with Gasteiger partial charge in [-0.15, -0.1) is 0 Å². The molecule has 5 rings (SSSR count). The van der Waals surface area contributed by atoms with Crippen LogP contribution < -0.4 is 9.96 Å². The van der Waals surface area contributed by atoms with Crippen LogP contribution in [-0.2, 0) is 0 Å². The quantitative estimate of drug-likeness (QED) is 0.296. The number of rotatable bonds is 4. The number of aromatic nitrogens is 1. The van der Waals surface area contributed by atoms with Gasteiger partial charge in [-0.05, 0) is 61.5 Å². The molecule has 1 aliphatic heterocycles. The Kier molecular flexibility index (Phi) is 5.96. The lowest BCUT2D eigenvalue weighted by Crippen LogP contribution is -2.58. The van der Waals surface area contributed by atoms with E-state index in [4.69, 9.17) is 11.6 Å². The van der Waals surface area contributed by atoms with Crippen molar-refractivity contribution in [2.75, 3.05) is 31.5 Å². The van der Waals surface area contributed by atoms with Crippen molar-refractivity contribution in [3.8, 4) is 0 Å². The largest absolute Gasteiger partial charge is 0.627 e. The molecule has 0 atom stereocenters. The van der Waals surface area contributed by atoms with Gasteiger partial charge in [-0.3, -0.25) is 9.78 Å². The van der Waals surface area contributed by atoms with Crippen molar-refractivity contribution >= 4 is 45.5 Å². The second-order valence-corrected chi connectivity index (χ2v) is 9.07. The molecule has 0 radical (unpaired) electrons. The number of carbonyl (C=O) groups excluding carboxylic acids is 1. The number of fused-ring (bicyclic) bond motifs is 1. The molecule has 1 amide bonds. The summed E-state index contributed by atoms with van der Waals surface area (Å²) in [5.41, 5.74) is 4.98. The van der Waals surface area contributed by atoms with Gasteiger partial charge in [0.2, 0.25) is 0 Å². The van der Waals surface area contributed by atoms with E-state index in [9.17, 15) is 10.0 Å². The van der Waals surface area contributed by atoms with Gasteiger partial charge in [0.25, 0.3) is 5.91 Å². The molecule has 4 aromatic rings. The SMILES string of the molecule is Cc1ccccc1[N+]1([O-])CCN(C(=O)c2ccc(Nc3ccnc4cc(Cl)ccc34)cc2)CC1. The van der Waals surface area contributed by atoms with Crippen molar-refractivity contribution in [1.29, 1.82) is 0 Å². The number of piperazine rings is 1. The van der Waals surface area contributed by atoms with Crippen LogP contribution in [0.1, 0.15) is 15.9 Å². The second-order valence-electron chi connectivity index (χ2n) is 8.64. The van der Waals surface area contributed by atoms with Crippen LogP contribution in [0.4, 0.5) is 17.1 Å². The third-order valence-corrected chi connectivity index (χ3v) is 6.65. The monoisotopic (exact) mass is 472 g/mol. The van der Waals surface area contributed by atoms with Gasteiger partial charge in [0.05, 0.1) is 18.6 Å². The zero-order chi connectivity index (χ0) is 23.7. The third kappa shape index (κ3) is 4.35. The molecule has 172 valence electrons. The number of para-hydroxylation sites is 1. The molecule has 1 saturated heterocycles. The third-order valence-electron chi connectivity index (χ3n) is 6.42. The van der Waals surface area contributed by atoms with Gasteiger partial charge in [-0.2, -0.15) is 0 Å². The molecule has 1 aliphatic rings. The Morgan fingerprint density at radius 2 is 1.76 bits per heavy atom. The van der Waals surface area contributed by atoms with Gasteiger partial charge in [0, 0.05) is 39.1 Å². The fourth-order valence-corrected chi connectivity index (χ4v) is 4.68. The highest BCUT2D eigenvalue weighted by Gasteiger charge is 2.31. The molecule has 1 fully saturated rings. The number of hydrogen-bond donors (Lipinski definition) is 1. The number of hydroxylamine groups is 2. The Labute approximate surface area is 203 Å². The van der Waals surface area contributed by atoms with Crippen molar-refractivity contribution in [2.45, 2.75) is 6.92 Å². The molecule has 7 heteroatoms. The first-order valence-corrected chi connectivity index (χ1v) is 11.7. The summed E-state index contributed by atoms with van der Waals surface area (Å²) in [6, 6.07) is 22.6. The van der Waals surface area contributed by atoms with E-state index in [1.54, 1.807) is 11.1 Å². The van der Waals surface area contributed by atoms with Crippen LogP contribution >= 0.6 is 11.6 Å². The Bertz CT molecular complexity index is 1350. The fourth-order valence-electron chi connectivity index (χ4n) is 4.52. The lowest BCUT2D eigenvalue weighted by molar-refractivity contribution is 0.0683. The Hall–Kier alpha value is -3.45. The van der Waals surface area contributed by atoms with Crippen molar-refractivity contribution in [3.63, 3.8) is 0 Å². The molecule has 0 saturated carbocycles. The van der Waals surface area contributed by atoms with E-state index in [0.717, 1.165) is 33.5 Å². The zero-order valence-electron chi connectivity index (χ0n) is 18.9. The summed E-state index contributed by atoms with van der Waals surface area (Å²) < 4.78 is -0.385. The number of benzene rings is 3. The maximum Gasteiger partial charge on any atom is 0.254 e. The van der Waals surface area contributed by atoms with Gasteiger partial charge < -0.3 is 20.1 Å². The van der Waals surface area contributed by atoms with Gasteiger partial charge in [0.15, 0.2) is 0 Å². The summed E-state index contributed by atoms with van der Waals surface area (Å²) in [5.74, 6) is -0.0495. The molecule has 6 nitrogen and oxygen atoms in total. The predicted octanol–water partition coefficient (Wildman–Crippen LogP) is 5.90. The molecule has 0 spiro atoms. The molecule has 34 heavy (non-hydrogen) atoms. The van der Waals surface area contributed by atoms with Crippen LogP contribution in [0, 0.1) is 12.1 Å². The van der Waals surface area contributed by atoms with Crippen molar-refractivity contribution < 1.29 is 4.79 Å². The van der Waals surface area contributed by atoms with Crippen LogP contribution in [0.5, 0.6) is 0 Å². The lowest BCUT2D eigenvalue weighted by Gasteiger charge is -2.48. The minimum Gasteiger partial charge on any atom is -0.627 e. The van der Waals surface area contributed by atoms with Crippen molar-refractivity contribution in [1.82, 2.24) is 14.5 Å². The maximum absolute atomic E-state index is 13.4. The van der Waals surface area contributed by atoms with E-state index in [1.165, 1.54) is 0 Å². The van der Waals surface area contributed by atoms with E-state index in [-0.39, 0.29) is 10.6 Å². The topological polar surface area (TPSA) is 68.3 Å². The first kappa shape index (κ1) is 22.3. The van der Waals surface area contributed by atoms with Gasteiger partial charge in [-0.25, -0.2) is 0 Å². The van der Waals surface area contributed by atoms with Gasteiger partial charge in [-0.1, -0.05) is 29.8 Å². The number of halogens is 1. The average molecular weight is 473 g/mol. The number of nitrogens with zero attached hydrogens (tertiary/aromatic N) is 3. The number of pyridine rings is 1. The summed E-state index contributed by atoms with van der Waals surface area (Å²) in [5, 5.41) is 18.4. The molecule has 1 N–H and O–H groups in total. The van der Waals surface area contributed by atoms with Gasteiger partial charge in [0.1, 0.15) is 18.8 Å². The number of aryl methyl sites for hydroxylation is 1. The molecular formula is C27H25ClN4O2. The Morgan fingerprint density at radius 1 is 1.03 bits per heavy atom. The molecule has 3 aromatic carbocycles. The van der Waals surface area contributed by atoms with Crippen LogP contribution in [0.2, 0.25) is 5.02 Å². The molecule has 1 aromatic heterocycles. The van der Waals surface area contributed by atoms with E-state index < -0.39 is 0 Å². The standard InChI is InChI=1S/C27H25ClN4O2/c1-19-4-2-3-5-26(19)32(34)16-14-31(15-17-32)27(33)20-6-9-22(10-7-20)30-24-12-13-29-25-18-21(28)8-11-23(24)25/h2-13,18H,14-17H2,1H3,(H,29,30). The van der Waals surface area contributed by atoms with E-state index in [1.807, 2.05) is 79.7 Å². The van der Waals surface area contributed by atoms with E-state index in [2.05, 4.69) is 10.3 Å². The summed E-state index contributed by atoms with van der Waals surface area (Å²) >= 11 is 6.08. The minimum absolute atomic E-state index is 0.0495. The Morgan fingerprint density at radius 3 is 2.50 bits per heavy atom. The summed E-state index contributed by atoms with van der Waals surface area (Å²) in [4.78, 5) is 19.2. The van der Waals surface area contributed by atoms with Crippen molar-refractivity contribution in [3.05, 3.63) is 100 Å². The van der Waals surface area contributed by atoms with Gasteiger partial charge >= 0.3 is 0 Å². The average Bonchev–Trinajstić information content (AvgIpc) is 2.85. The number of anilines is 2. The van der Waals surface area contributed by atoms with E-state index >= 15 is 0 Å². The highest BCUT2D eigenvalue weighted by molar-refractivity contribution is 6.31. The summed E-state index contributed by atoms with van der Waals surface area (Å²) in [6.45, 7) is 3.54. The zero-order valence-corrected chi connectivity index (χ0v) is 19.6. The Balaban J connectivity index is 1.27. The molecule has 0 unspecified atom stereocenters. The van der Waals surface area contributed by atoms with Crippen LogP contribution in [-0.4, -0.2) is 42.0 Å². The van der Waals surface area contributed by atoms with Crippen molar-refractivity contribution in [2.24, 2.45) is 0 Å². The number of hydrogen-bond acceptors (Lipinski definition) is 4. The number of amides is 1. The minimum atomic E-state index is -0.385. The highest BCUT2D eigenvalue weighted by atomic mass is 35.5. The highest BCUT2D eigenvalue weighted by Crippen LogP contribution is 2.29. The number of quaternary nitrogens is 1. The lowest BCUT2D eigenvalue weighted by atomic mass is 10.1. The van der Waals surface area contributed by atoms with E-state index in [0.29, 0.717) is 36.8 Å². The first-order valence-electron chi connectivity index (χ1n) is 11.3. The molecular weight excluding hydrogens is 448 g/mol. The molecule has 2 heterocycles.